The molecule has 3 aromatic heterocycles. The van der Waals surface area contributed by atoms with Gasteiger partial charge >= 0.3 is 0 Å². The number of ether oxygens (including phenoxy) is 2. The van der Waals surface area contributed by atoms with Crippen molar-refractivity contribution in [3.63, 3.8) is 0 Å². The smallest absolute Gasteiger partial charge is 0.219 e. The molecule has 2 N–H and O–H groups in total. The van der Waals surface area contributed by atoms with Crippen molar-refractivity contribution in [2.24, 2.45) is 0 Å². The number of halogens is 2. The van der Waals surface area contributed by atoms with Crippen LogP contribution in [0.25, 0.3) is 60.7 Å². The standard InChI is InChI=1S/C39H31F2N2O4/c1-22-32-15-28(21-45)27(20-44)14-25(32)18-37-34-19-33(39(47-3)38(46-2)31(34)12-13-43(22)37)26-16-35(23-4-8-29(40)9-5-23)42-36(17-26)24-6-10-30(41)11-7-24/h4-19,44-45H,20-21H2,1-3H3/q+1. The van der Waals surface area contributed by atoms with Gasteiger partial charge in [0.25, 0.3) is 0 Å². The Bertz CT molecular complexity index is 2260. The summed E-state index contributed by atoms with van der Waals surface area (Å²) in [6, 6.07) is 26.1. The average molecular weight is 630 g/mol. The van der Waals surface area contributed by atoms with E-state index in [1.165, 1.54) is 24.3 Å². The first-order chi connectivity index (χ1) is 22.8. The molecule has 0 fully saturated rings. The highest BCUT2D eigenvalue weighted by Gasteiger charge is 2.24. The lowest BCUT2D eigenvalue weighted by molar-refractivity contribution is -0.516. The van der Waals surface area contributed by atoms with Crippen LogP contribution in [0, 0.1) is 18.6 Å². The summed E-state index contributed by atoms with van der Waals surface area (Å²) in [6.45, 7) is 1.67. The molecule has 0 saturated heterocycles. The predicted molar refractivity (Wildman–Crippen MR) is 178 cm³/mol. The Morgan fingerprint density at radius 1 is 0.638 bits per heavy atom. The zero-order chi connectivity index (χ0) is 32.8. The normalized spacial score (nSPS) is 11.5. The van der Waals surface area contributed by atoms with Crippen molar-refractivity contribution in [2.75, 3.05) is 14.2 Å². The van der Waals surface area contributed by atoms with Crippen molar-refractivity contribution in [2.45, 2.75) is 20.1 Å². The lowest BCUT2D eigenvalue weighted by atomic mass is 9.95. The van der Waals surface area contributed by atoms with Crippen molar-refractivity contribution in [1.82, 2.24) is 4.98 Å². The molecule has 0 spiro atoms. The molecule has 0 amide bonds. The van der Waals surface area contributed by atoms with E-state index < -0.39 is 0 Å². The van der Waals surface area contributed by atoms with Gasteiger partial charge in [-0.3, -0.25) is 0 Å². The van der Waals surface area contributed by atoms with Gasteiger partial charge in [0, 0.05) is 46.5 Å². The monoisotopic (exact) mass is 629 g/mol. The minimum absolute atomic E-state index is 0.169. The second-order valence-corrected chi connectivity index (χ2v) is 11.4. The van der Waals surface area contributed by atoms with Crippen molar-refractivity contribution >= 4 is 27.1 Å². The first kappa shape index (κ1) is 30.2. The molecule has 0 aliphatic heterocycles. The number of hydrogen-bond acceptors (Lipinski definition) is 5. The van der Waals surface area contributed by atoms with Crippen LogP contribution in [0.15, 0.2) is 97.2 Å². The molecule has 0 radical (unpaired) electrons. The van der Waals surface area contributed by atoms with Crippen molar-refractivity contribution in [3.05, 3.63) is 126 Å². The Hall–Kier alpha value is -5.44. The van der Waals surface area contributed by atoms with Crippen LogP contribution in [0.3, 0.4) is 0 Å². The molecule has 4 aromatic carbocycles. The third-order valence-corrected chi connectivity index (χ3v) is 8.78. The summed E-state index contributed by atoms with van der Waals surface area (Å²) in [4.78, 5) is 4.89. The maximum absolute atomic E-state index is 13.9. The van der Waals surface area contributed by atoms with E-state index in [4.69, 9.17) is 14.5 Å². The summed E-state index contributed by atoms with van der Waals surface area (Å²) in [5.41, 5.74) is 7.38. The second-order valence-electron chi connectivity index (χ2n) is 11.4. The third kappa shape index (κ3) is 5.21. The van der Waals surface area contributed by atoms with Crippen molar-refractivity contribution in [3.8, 4) is 45.1 Å². The quantitative estimate of drug-likeness (QED) is 0.107. The number of nitrogens with zero attached hydrogens (tertiary/aromatic N) is 2. The van der Waals surface area contributed by atoms with Crippen molar-refractivity contribution < 1.29 is 32.9 Å². The first-order valence-electron chi connectivity index (χ1n) is 15.1. The van der Waals surface area contributed by atoms with Gasteiger partial charge in [-0.15, -0.1) is 0 Å². The molecule has 234 valence electrons. The van der Waals surface area contributed by atoms with E-state index in [-0.39, 0.29) is 24.8 Å². The number of hydrogen-bond donors (Lipinski definition) is 2. The highest BCUT2D eigenvalue weighted by atomic mass is 19.1. The number of aliphatic hydroxyl groups excluding tert-OH is 2. The van der Waals surface area contributed by atoms with Crippen LogP contribution in [-0.2, 0) is 13.2 Å². The molecule has 47 heavy (non-hydrogen) atoms. The van der Waals surface area contributed by atoms with Crippen LogP contribution in [0.4, 0.5) is 8.78 Å². The zero-order valence-electron chi connectivity index (χ0n) is 26.0. The Labute approximate surface area is 269 Å². The maximum atomic E-state index is 13.9. The molecular weight excluding hydrogens is 598 g/mol. The molecule has 0 aliphatic carbocycles. The van der Waals surface area contributed by atoms with Gasteiger partial charge in [0.15, 0.2) is 23.4 Å². The molecule has 0 bridgehead atoms. The summed E-state index contributed by atoms with van der Waals surface area (Å²) in [5.74, 6) is 0.375. The first-order valence-corrected chi connectivity index (χ1v) is 15.1. The van der Waals surface area contributed by atoms with Crippen LogP contribution in [0.1, 0.15) is 16.8 Å². The van der Waals surface area contributed by atoms with Gasteiger partial charge in [-0.2, -0.15) is 4.40 Å². The molecule has 0 atom stereocenters. The minimum atomic E-state index is -0.351. The molecular formula is C39H31F2N2O4+. The molecule has 0 saturated carbocycles. The summed E-state index contributed by atoms with van der Waals surface area (Å²) in [6.07, 6.45) is 1.98. The molecule has 7 rings (SSSR count). The summed E-state index contributed by atoms with van der Waals surface area (Å²) in [7, 11) is 3.20. The number of aliphatic hydroxyl groups is 2. The van der Waals surface area contributed by atoms with Crippen LogP contribution in [-0.4, -0.2) is 29.4 Å². The Kier molecular flexibility index (Phi) is 7.75. The van der Waals surface area contributed by atoms with E-state index in [0.29, 0.717) is 45.1 Å². The third-order valence-electron chi connectivity index (χ3n) is 8.78. The lowest BCUT2D eigenvalue weighted by Crippen LogP contribution is -2.26. The van der Waals surface area contributed by atoms with Gasteiger partial charge < -0.3 is 19.7 Å². The van der Waals surface area contributed by atoms with Gasteiger partial charge in [-0.25, -0.2) is 13.8 Å². The second kappa shape index (κ2) is 12.1. The fraction of sp³-hybridized carbons (Fsp3) is 0.128. The van der Waals surface area contributed by atoms with Crippen molar-refractivity contribution in [1.29, 1.82) is 0 Å². The van der Waals surface area contributed by atoms with Gasteiger partial charge in [-0.1, -0.05) is 0 Å². The van der Waals surface area contributed by atoms with Gasteiger partial charge in [0.1, 0.15) is 11.6 Å². The lowest BCUT2D eigenvalue weighted by Gasteiger charge is -2.17. The largest absolute Gasteiger partial charge is 0.492 e. The molecule has 0 unspecified atom stereocenters. The van der Waals surface area contributed by atoms with E-state index in [0.717, 1.165) is 43.9 Å². The molecule has 3 heterocycles. The predicted octanol–water partition coefficient (Wildman–Crippen LogP) is 7.72. The Morgan fingerprint density at radius 3 is 1.77 bits per heavy atom. The van der Waals surface area contributed by atoms with E-state index in [1.54, 1.807) is 38.5 Å². The maximum Gasteiger partial charge on any atom is 0.219 e. The van der Waals surface area contributed by atoms with Gasteiger partial charge in [-0.05, 0) is 101 Å². The SMILES string of the molecule is COc1c(-c2cc(-c3ccc(F)cc3)nc(-c3ccc(F)cc3)c2)cc2c(cc[n+]3c(C)c4cc(CO)c(CO)cc4cc23)c1OC. The number of aryl methyl sites for hydroxylation is 1. The minimum Gasteiger partial charge on any atom is -0.492 e. The van der Waals surface area contributed by atoms with Crippen LogP contribution in [0.5, 0.6) is 11.5 Å². The number of aromatic nitrogens is 2. The molecule has 8 heteroatoms. The van der Waals surface area contributed by atoms with Crippen LogP contribution >= 0.6 is 0 Å². The Morgan fingerprint density at radius 2 is 1.21 bits per heavy atom. The number of pyridine rings is 3. The fourth-order valence-corrected chi connectivity index (χ4v) is 6.39. The van der Waals surface area contributed by atoms with E-state index in [1.807, 2.05) is 43.5 Å². The highest BCUT2D eigenvalue weighted by molar-refractivity contribution is 6.05. The molecule has 7 aromatic rings. The summed E-state index contributed by atoms with van der Waals surface area (Å²) >= 11 is 0. The Balaban J connectivity index is 1.55. The fourth-order valence-electron chi connectivity index (χ4n) is 6.39. The van der Waals surface area contributed by atoms with E-state index in [9.17, 15) is 19.0 Å². The highest BCUT2D eigenvalue weighted by Crippen LogP contribution is 2.46. The topological polar surface area (TPSA) is 75.9 Å². The number of methoxy groups -OCH3 is 2. The van der Waals surface area contributed by atoms with Gasteiger partial charge in [0.05, 0.1) is 44.2 Å². The number of fused-ring (bicyclic) bond motifs is 4. The molecule has 0 aliphatic rings. The van der Waals surface area contributed by atoms with Crippen LogP contribution in [0.2, 0.25) is 0 Å². The number of rotatable bonds is 7. The molecule has 6 nitrogen and oxygen atoms in total. The van der Waals surface area contributed by atoms with Crippen LogP contribution < -0.4 is 13.9 Å². The van der Waals surface area contributed by atoms with E-state index >= 15 is 0 Å². The summed E-state index contributed by atoms with van der Waals surface area (Å²) < 4.78 is 41.9. The average Bonchev–Trinajstić information content (AvgIpc) is 3.10. The van der Waals surface area contributed by atoms with E-state index in [2.05, 4.69) is 16.5 Å². The summed E-state index contributed by atoms with van der Waals surface area (Å²) in [5, 5.41) is 23.5. The zero-order valence-corrected chi connectivity index (χ0v) is 26.0. The number of benzene rings is 4. The van der Waals surface area contributed by atoms with Gasteiger partial charge in [0.2, 0.25) is 5.52 Å².